The third-order valence-electron chi connectivity index (χ3n) is 3.64. The molecule has 4 heteroatoms. The summed E-state index contributed by atoms with van der Waals surface area (Å²) in [6.45, 7) is 4.48. The Labute approximate surface area is 104 Å². The van der Waals surface area contributed by atoms with Crippen molar-refractivity contribution >= 4 is 5.97 Å². The molecule has 1 aliphatic carbocycles. The normalized spacial score (nSPS) is 24.2. The predicted octanol–water partition coefficient (Wildman–Crippen LogP) is 1.16. The Bertz CT molecular complexity index is 232. The minimum atomic E-state index is -0.0289. The molecule has 0 unspecified atom stereocenters. The number of carbonyl (C=O) groups excluding carboxylic acids is 1. The number of nitrogens with one attached hydrogen (secondary N) is 1. The van der Waals surface area contributed by atoms with E-state index in [1.54, 1.807) is 0 Å². The summed E-state index contributed by atoms with van der Waals surface area (Å²) in [6, 6.07) is 0. The van der Waals surface area contributed by atoms with Crippen molar-refractivity contribution < 1.29 is 9.53 Å². The van der Waals surface area contributed by atoms with Gasteiger partial charge in [-0.05, 0) is 45.2 Å². The lowest BCUT2D eigenvalue weighted by molar-refractivity contribution is -0.151. The number of carbonyl (C=O) groups is 1. The monoisotopic (exact) mass is 240 g/mol. The highest BCUT2D eigenvalue weighted by Crippen LogP contribution is 2.20. The molecule has 0 aromatic rings. The van der Waals surface area contributed by atoms with Gasteiger partial charge in [-0.15, -0.1) is 0 Å². The van der Waals surface area contributed by atoms with Crippen LogP contribution in [-0.4, -0.2) is 49.7 Å². The van der Waals surface area contributed by atoms with E-state index >= 15 is 0 Å². The van der Waals surface area contributed by atoms with Gasteiger partial charge < -0.3 is 10.1 Å². The summed E-state index contributed by atoms with van der Waals surface area (Å²) in [5.74, 6) is -0.0289. The maximum atomic E-state index is 11.8. The highest BCUT2D eigenvalue weighted by Gasteiger charge is 2.19. The number of nitrogens with zero attached hydrogens (tertiary/aromatic N) is 1. The van der Waals surface area contributed by atoms with Crippen molar-refractivity contribution in [2.45, 2.75) is 44.6 Å². The molecule has 2 fully saturated rings. The van der Waals surface area contributed by atoms with Crippen LogP contribution < -0.4 is 5.32 Å². The van der Waals surface area contributed by atoms with Gasteiger partial charge in [-0.2, -0.15) is 0 Å². The fourth-order valence-corrected chi connectivity index (χ4v) is 2.65. The molecule has 1 N–H and O–H groups in total. The molecule has 0 bridgehead atoms. The number of rotatable bonds is 3. The maximum Gasteiger partial charge on any atom is 0.320 e. The molecule has 0 aromatic carbocycles. The summed E-state index contributed by atoms with van der Waals surface area (Å²) in [5.41, 5.74) is 0. The van der Waals surface area contributed by atoms with Gasteiger partial charge in [0.2, 0.25) is 0 Å². The third-order valence-corrected chi connectivity index (χ3v) is 3.64. The van der Waals surface area contributed by atoms with Gasteiger partial charge in [0.05, 0.1) is 6.54 Å². The van der Waals surface area contributed by atoms with Crippen LogP contribution in [0.15, 0.2) is 0 Å². The molecular formula is C13H24N2O2. The fourth-order valence-electron chi connectivity index (χ4n) is 2.65. The molecule has 1 saturated carbocycles. The lowest BCUT2D eigenvalue weighted by Gasteiger charge is -2.24. The SMILES string of the molecule is O=C(CN1CCCNCC1)OC1CCCCC1. The van der Waals surface area contributed by atoms with Gasteiger partial charge in [-0.3, -0.25) is 9.69 Å². The Balaban J connectivity index is 1.68. The molecule has 4 nitrogen and oxygen atoms in total. The molecule has 0 amide bonds. The standard InChI is InChI=1S/C13H24N2O2/c16-13(17-12-5-2-1-3-6-12)11-15-9-4-7-14-8-10-15/h12,14H,1-11H2. The predicted molar refractivity (Wildman–Crippen MR) is 66.9 cm³/mol. The van der Waals surface area contributed by atoms with E-state index in [-0.39, 0.29) is 12.1 Å². The van der Waals surface area contributed by atoms with E-state index in [0.29, 0.717) is 6.54 Å². The van der Waals surface area contributed by atoms with Crippen LogP contribution in [0.1, 0.15) is 38.5 Å². The first-order valence-corrected chi connectivity index (χ1v) is 6.97. The Morgan fingerprint density at radius 1 is 1.12 bits per heavy atom. The molecule has 98 valence electrons. The summed E-state index contributed by atoms with van der Waals surface area (Å²) in [6.07, 6.45) is 7.17. The minimum Gasteiger partial charge on any atom is -0.461 e. The van der Waals surface area contributed by atoms with Crippen LogP contribution in [0.3, 0.4) is 0 Å². The van der Waals surface area contributed by atoms with E-state index in [9.17, 15) is 4.79 Å². The Morgan fingerprint density at radius 2 is 1.94 bits per heavy atom. The Hall–Kier alpha value is -0.610. The van der Waals surface area contributed by atoms with Crippen LogP contribution in [0.5, 0.6) is 0 Å². The topological polar surface area (TPSA) is 41.6 Å². The summed E-state index contributed by atoms with van der Waals surface area (Å²) >= 11 is 0. The zero-order valence-corrected chi connectivity index (χ0v) is 10.6. The van der Waals surface area contributed by atoms with E-state index in [2.05, 4.69) is 10.2 Å². The highest BCUT2D eigenvalue weighted by molar-refractivity contribution is 5.71. The van der Waals surface area contributed by atoms with E-state index in [4.69, 9.17) is 4.74 Å². The first-order valence-electron chi connectivity index (χ1n) is 6.97. The Kier molecular flexibility index (Phi) is 5.26. The zero-order valence-electron chi connectivity index (χ0n) is 10.6. The quantitative estimate of drug-likeness (QED) is 0.752. The van der Waals surface area contributed by atoms with Crippen molar-refractivity contribution in [3.63, 3.8) is 0 Å². The van der Waals surface area contributed by atoms with Gasteiger partial charge in [0.1, 0.15) is 6.10 Å². The average molecular weight is 240 g/mol. The summed E-state index contributed by atoms with van der Waals surface area (Å²) in [7, 11) is 0. The summed E-state index contributed by atoms with van der Waals surface area (Å²) in [4.78, 5) is 14.0. The van der Waals surface area contributed by atoms with Gasteiger partial charge >= 0.3 is 5.97 Å². The second-order valence-corrected chi connectivity index (χ2v) is 5.13. The van der Waals surface area contributed by atoms with E-state index in [0.717, 1.165) is 45.4 Å². The van der Waals surface area contributed by atoms with Gasteiger partial charge in [-0.25, -0.2) is 0 Å². The average Bonchev–Trinajstić information content (AvgIpc) is 2.59. The Morgan fingerprint density at radius 3 is 2.76 bits per heavy atom. The van der Waals surface area contributed by atoms with Crippen molar-refractivity contribution in [3.05, 3.63) is 0 Å². The van der Waals surface area contributed by atoms with Crippen molar-refractivity contribution in [2.24, 2.45) is 0 Å². The van der Waals surface area contributed by atoms with Crippen LogP contribution >= 0.6 is 0 Å². The van der Waals surface area contributed by atoms with Crippen molar-refractivity contribution in [3.8, 4) is 0 Å². The maximum absolute atomic E-state index is 11.8. The smallest absolute Gasteiger partial charge is 0.320 e. The lowest BCUT2D eigenvalue weighted by Crippen LogP contribution is -2.35. The van der Waals surface area contributed by atoms with E-state index in [1.165, 1.54) is 19.3 Å². The van der Waals surface area contributed by atoms with Gasteiger partial charge in [0.15, 0.2) is 0 Å². The van der Waals surface area contributed by atoms with Crippen LogP contribution in [0.4, 0.5) is 0 Å². The molecule has 0 radical (unpaired) electrons. The molecule has 0 aromatic heterocycles. The molecule has 2 rings (SSSR count). The van der Waals surface area contributed by atoms with E-state index in [1.807, 2.05) is 0 Å². The van der Waals surface area contributed by atoms with Crippen LogP contribution in [0, 0.1) is 0 Å². The second-order valence-electron chi connectivity index (χ2n) is 5.13. The number of ether oxygens (including phenoxy) is 1. The summed E-state index contributed by atoms with van der Waals surface area (Å²) < 4.78 is 5.53. The van der Waals surface area contributed by atoms with E-state index < -0.39 is 0 Å². The van der Waals surface area contributed by atoms with Crippen molar-refractivity contribution in [1.29, 1.82) is 0 Å². The fraction of sp³-hybridized carbons (Fsp3) is 0.923. The van der Waals surface area contributed by atoms with Crippen LogP contribution in [0.25, 0.3) is 0 Å². The molecule has 1 aliphatic heterocycles. The molecule has 0 spiro atoms. The second kappa shape index (κ2) is 6.97. The number of hydrogen-bond donors (Lipinski definition) is 1. The first kappa shape index (κ1) is 12.8. The van der Waals surface area contributed by atoms with Crippen molar-refractivity contribution in [1.82, 2.24) is 10.2 Å². The molecule has 17 heavy (non-hydrogen) atoms. The molecule has 0 atom stereocenters. The van der Waals surface area contributed by atoms with Crippen LogP contribution in [0.2, 0.25) is 0 Å². The lowest BCUT2D eigenvalue weighted by atomic mass is 9.98. The molecule has 1 heterocycles. The zero-order chi connectivity index (χ0) is 11.9. The first-order chi connectivity index (χ1) is 8.34. The molecule has 2 aliphatic rings. The summed E-state index contributed by atoms with van der Waals surface area (Å²) in [5, 5.41) is 3.34. The third kappa shape index (κ3) is 4.64. The number of hydrogen-bond acceptors (Lipinski definition) is 4. The largest absolute Gasteiger partial charge is 0.461 e. The minimum absolute atomic E-state index is 0.0289. The highest BCUT2D eigenvalue weighted by atomic mass is 16.5. The van der Waals surface area contributed by atoms with Gasteiger partial charge in [-0.1, -0.05) is 6.42 Å². The number of esters is 1. The van der Waals surface area contributed by atoms with Gasteiger partial charge in [0, 0.05) is 13.1 Å². The van der Waals surface area contributed by atoms with Crippen molar-refractivity contribution in [2.75, 3.05) is 32.7 Å². The molecule has 1 saturated heterocycles. The van der Waals surface area contributed by atoms with Crippen LogP contribution in [-0.2, 0) is 9.53 Å². The van der Waals surface area contributed by atoms with Gasteiger partial charge in [0.25, 0.3) is 0 Å². The molecular weight excluding hydrogens is 216 g/mol.